The van der Waals surface area contributed by atoms with Crippen LogP contribution in [0.1, 0.15) is 44.6 Å². The molecule has 0 heteroatoms. The van der Waals surface area contributed by atoms with Gasteiger partial charge in [0, 0.05) is 0 Å². The van der Waals surface area contributed by atoms with Gasteiger partial charge in [-0.3, -0.25) is 0 Å². The SMILES string of the molecule is CC1=C(C)CC(c2ccccc2)CC1. The second-order valence-corrected chi connectivity index (χ2v) is 4.41. The molecule has 0 aliphatic heterocycles. The third-order valence-corrected chi connectivity index (χ3v) is 3.42. The average Bonchev–Trinajstić information content (AvgIpc) is 2.23. The highest BCUT2D eigenvalue weighted by Crippen LogP contribution is 2.35. The summed E-state index contributed by atoms with van der Waals surface area (Å²) in [4.78, 5) is 0. The van der Waals surface area contributed by atoms with Crippen molar-refractivity contribution < 1.29 is 0 Å². The van der Waals surface area contributed by atoms with Gasteiger partial charge in [-0.25, -0.2) is 0 Å². The van der Waals surface area contributed by atoms with E-state index in [0.29, 0.717) is 0 Å². The van der Waals surface area contributed by atoms with Gasteiger partial charge in [0.05, 0.1) is 0 Å². The Hall–Kier alpha value is -1.04. The normalized spacial score (nSPS) is 22.6. The van der Waals surface area contributed by atoms with E-state index in [-0.39, 0.29) is 0 Å². The summed E-state index contributed by atoms with van der Waals surface area (Å²) in [6.45, 7) is 4.56. The van der Waals surface area contributed by atoms with Gasteiger partial charge in [-0.1, -0.05) is 41.5 Å². The van der Waals surface area contributed by atoms with E-state index in [0.717, 1.165) is 5.92 Å². The van der Waals surface area contributed by atoms with Gasteiger partial charge in [-0.2, -0.15) is 0 Å². The summed E-state index contributed by atoms with van der Waals surface area (Å²) in [5, 5.41) is 0. The molecule has 0 aromatic heterocycles. The van der Waals surface area contributed by atoms with Crippen LogP contribution in [0.2, 0.25) is 0 Å². The Balaban J connectivity index is 2.17. The van der Waals surface area contributed by atoms with Crippen molar-refractivity contribution in [2.24, 2.45) is 0 Å². The fraction of sp³-hybridized carbons (Fsp3) is 0.429. The van der Waals surface area contributed by atoms with Gasteiger partial charge in [0.1, 0.15) is 0 Å². The van der Waals surface area contributed by atoms with Gasteiger partial charge >= 0.3 is 0 Å². The third-order valence-electron chi connectivity index (χ3n) is 3.42. The van der Waals surface area contributed by atoms with Crippen molar-refractivity contribution in [2.75, 3.05) is 0 Å². The molecule has 0 fully saturated rings. The van der Waals surface area contributed by atoms with Gasteiger partial charge < -0.3 is 0 Å². The molecule has 0 saturated carbocycles. The van der Waals surface area contributed by atoms with Crippen molar-refractivity contribution in [1.82, 2.24) is 0 Å². The standard InChI is InChI=1S/C14H18/c1-11-8-9-14(10-12(11)2)13-6-4-3-5-7-13/h3-7,14H,8-10H2,1-2H3. The Morgan fingerprint density at radius 3 is 2.36 bits per heavy atom. The van der Waals surface area contributed by atoms with E-state index in [1.165, 1.54) is 24.8 Å². The Kier molecular flexibility index (Phi) is 2.72. The number of rotatable bonds is 1. The van der Waals surface area contributed by atoms with Crippen molar-refractivity contribution in [3.8, 4) is 0 Å². The number of benzene rings is 1. The van der Waals surface area contributed by atoms with Crippen LogP contribution in [0.4, 0.5) is 0 Å². The lowest BCUT2D eigenvalue weighted by Gasteiger charge is -2.24. The molecule has 1 unspecified atom stereocenters. The van der Waals surface area contributed by atoms with Crippen LogP contribution in [0.3, 0.4) is 0 Å². The molecule has 1 aromatic carbocycles. The minimum atomic E-state index is 0.764. The highest BCUT2D eigenvalue weighted by molar-refractivity contribution is 5.25. The average molecular weight is 186 g/mol. The van der Waals surface area contributed by atoms with Crippen LogP contribution < -0.4 is 0 Å². The minimum absolute atomic E-state index is 0.764. The lowest BCUT2D eigenvalue weighted by molar-refractivity contribution is 0.577. The zero-order chi connectivity index (χ0) is 9.97. The first-order valence-corrected chi connectivity index (χ1v) is 5.47. The molecule has 0 nitrogen and oxygen atoms in total. The second kappa shape index (κ2) is 4.00. The highest BCUT2D eigenvalue weighted by Gasteiger charge is 2.17. The van der Waals surface area contributed by atoms with E-state index < -0.39 is 0 Å². The molecule has 0 bridgehead atoms. The molecule has 1 aromatic rings. The first-order chi connectivity index (χ1) is 6.77. The number of allylic oxidation sites excluding steroid dienone is 2. The monoisotopic (exact) mass is 186 g/mol. The lowest BCUT2D eigenvalue weighted by atomic mass is 9.81. The summed E-state index contributed by atoms with van der Waals surface area (Å²) in [6.07, 6.45) is 3.87. The smallest absolute Gasteiger partial charge is 0.0122 e. The molecule has 74 valence electrons. The maximum absolute atomic E-state index is 2.28. The fourth-order valence-corrected chi connectivity index (χ4v) is 2.26. The van der Waals surface area contributed by atoms with Crippen molar-refractivity contribution in [3.63, 3.8) is 0 Å². The van der Waals surface area contributed by atoms with Gasteiger partial charge in [-0.05, 0) is 44.6 Å². The topological polar surface area (TPSA) is 0 Å². The highest BCUT2D eigenvalue weighted by atomic mass is 14.2. The molecule has 0 heterocycles. The molecular weight excluding hydrogens is 168 g/mol. The quantitative estimate of drug-likeness (QED) is 0.574. The van der Waals surface area contributed by atoms with Crippen molar-refractivity contribution >= 4 is 0 Å². The Labute approximate surface area is 86.7 Å². The summed E-state index contributed by atoms with van der Waals surface area (Å²) in [5.74, 6) is 0.764. The second-order valence-electron chi connectivity index (χ2n) is 4.41. The minimum Gasteiger partial charge on any atom is -0.0744 e. The zero-order valence-electron chi connectivity index (χ0n) is 9.09. The van der Waals surface area contributed by atoms with E-state index in [1.807, 2.05) is 0 Å². The molecule has 0 amide bonds. The molecule has 0 saturated heterocycles. The van der Waals surface area contributed by atoms with Crippen LogP contribution in [0.25, 0.3) is 0 Å². The van der Waals surface area contributed by atoms with Gasteiger partial charge in [0.2, 0.25) is 0 Å². The Bertz CT molecular complexity index is 332. The molecule has 0 radical (unpaired) electrons. The molecule has 2 rings (SSSR count). The van der Waals surface area contributed by atoms with Crippen molar-refractivity contribution in [3.05, 3.63) is 47.0 Å². The molecule has 1 aliphatic carbocycles. The summed E-state index contributed by atoms with van der Waals surface area (Å²) in [5.41, 5.74) is 4.72. The maximum atomic E-state index is 2.28. The van der Waals surface area contributed by atoms with Gasteiger partial charge in [0.25, 0.3) is 0 Å². The molecule has 0 spiro atoms. The number of hydrogen-bond donors (Lipinski definition) is 0. The summed E-state index contributed by atoms with van der Waals surface area (Å²) in [7, 11) is 0. The Morgan fingerprint density at radius 2 is 1.71 bits per heavy atom. The van der Waals surface area contributed by atoms with Crippen molar-refractivity contribution in [2.45, 2.75) is 39.0 Å². The molecular formula is C14H18. The Morgan fingerprint density at radius 1 is 1.00 bits per heavy atom. The largest absolute Gasteiger partial charge is 0.0744 e. The fourth-order valence-electron chi connectivity index (χ4n) is 2.26. The van der Waals surface area contributed by atoms with E-state index in [2.05, 4.69) is 44.2 Å². The molecule has 0 N–H and O–H groups in total. The van der Waals surface area contributed by atoms with Gasteiger partial charge in [0.15, 0.2) is 0 Å². The summed E-state index contributed by atoms with van der Waals surface area (Å²) in [6, 6.07) is 10.9. The van der Waals surface area contributed by atoms with E-state index in [1.54, 1.807) is 11.1 Å². The van der Waals surface area contributed by atoms with Crippen LogP contribution in [-0.4, -0.2) is 0 Å². The van der Waals surface area contributed by atoms with E-state index in [4.69, 9.17) is 0 Å². The predicted molar refractivity (Wildman–Crippen MR) is 61.4 cm³/mol. The van der Waals surface area contributed by atoms with Crippen LogP contribution in [0.5, 0.6) is 0 Å². The first kappa shape index (κ1) is 9.51. The molecule has 14 heavy (non-hydrogen) atoms. The lowest BCUT2D eigenvalue weighted by Crippen LogP contribution is -2.06. The van der Waals surface area contributed by atoms with E-state index in [9.17, 15) is 0 Å². The first-order valence-electron chi connectivity index (χ1n) is 5.47. The van der Waals surface area contributed by atoms with Crippen molar-refractivity contribution in [1.29, 1.82) is 0 Å². The summed E-state index contributed by atoms with van der Waals surface area (Å²) >= 11 is 0. The third kappa shape index (κ3) is 1.89. The summed E-state index contributed by atoms with van der Waals surface area (Å²) < 4.78 is 0. The number of hydrogen-bond acceptors (Lipinski definition) is 0. The zero-order valence-corrected chi connectivity index (χ0v) is 9.09. The van der Waals surface area contributed by atoms with Crippen LogP contribution >= 0.6 is 0 Å². The molecule has 1 aliphatic rings. The molecule has 1 atom stereocenters. The van der Waals surface area contributed by atoms with Crippen LogP contribution in [0.15, 0.2) is 41.5 Å². The maximum Gasteiger partial charge on any atom is -0.0122 e. The van der Waals surface area contributed by atoms with Crippen LogP contribution in [-0.2, 0) is 0 Å². The predicted octanol–water partition coefficient (Wildman–Crippen LogP) is 4.29. The van der Waals surface area contributed by atoms with Crippen LogP contribution in [0, 0.1) is 0 Å². The van der Waals surface area contributed by atoms with E-state index >= 15 is 0 Å². The van der Waals surface area contributed by atoms with Gasteiger partial charge in [-0.15, -0.1) is 0 Å².